The third-order valence-electron chi connectivity index (χ3n) is 4.07. The fraction of sp³-hybridized carbons (Fsp3) is 0.238. The van der Waals surface area contributed by atoms with E-state index in [1.165, 1.54) is 23.7 Å². The fourth-order valence-electron chi connectivity index (χ4n) is 2.58. The Bertz CT molecular complexity index is 822. The van der Waals surface area contributed by atoms with Crippen LogP contribution in [0.25, 0.3) is 0 Å². The van der Waals surface area contributed by atoms with Crippen molar-refractivity contribution < 1.29 is 24.6 Å². The van der Waals surface area contributed by atoms with E-state index in [0.29, 0.717) is 24.9 Å². The van der Waals surface area contributed by atoms with E-state index >= 15 is 0 Å². The van der Waals surface area contributed by atoms with Crippen molar-refractivity contribution in [3.8, 4) is 5.75 Å². The van der Waals surface area contributed by atoms with Crippen molar-refractivity contribution in [3.63, 3.8) is 0 Å². The molecule has 0 aliphatic carbocycles. The van der Waals surface area contributed by atoms with Crippen molar-refractivity contribution in [2.24, 2.45) is 0 Å². The Hall–Kier alpha value is -2.97. The molecule has 29 heavy (non-hydrogen) atoms. The van der Waals surface area contributed by atoms with E-state index in [-0.39, 0.29) is 5.75 Å². The minimum Gasteiger partial charge on any atom is -0.508 e. The van der Waals surface area contributed by atoms with E-state index in [9.17, 15) is 14.7 Å². The van der Waals surface area contributed by atoms with Crippen molar-refractivity contribution in [3.05, 3.63) is 66.2 Å². The number of carbonyl (C=O) groups is 2. The molecule has 0 heterocycles. The van der Waals surface area contributed by atoms with Gasteiger partial charge >= 0.3 is 6.09 Å². The molecule has 8 heteroatoms. The maximum Gasteiger partial charge on any atom is 0.412 e. The zero-order chi connectivity index (χ0) is 21.1. The number of phenols is 1. The highest BCUT2D eigenvalue weighted by Crippen LogP contribution is 2.26. The Labute approximate surface area is 173 Å². The van der Waals surface area contributed by atoms with Gasteiger partial charge in [0.1, 0.15) is 11.9 Å². The number of anilines is 1. The highest BCUT2D eigenvalue weighted by Gasteiger charge is 2.17. The first-order valence-electron chi connectivity index (χ1n) is 9.03. The average Bonchev–Trinajstić information content (AvgIpc) is 2.73. The number of rotatable bonds is 9. The topological polar surface area (TPSA) is 108 Å². The number of nitrogens with one attached hydrogen (secondary N) is 2. The maximum atomic E-state index is 12.4. The second kappa shape index (κ2) is 11.8. The first-order chi connectivity index (χ1) is 14.0. The third-order valence-corrected chi connectivity index (χ3v) is 4.81. The molecule has 0 fully saturated rings. The number of carbonyl (C=O) groups excluding carboxylic acids is 2. The van der Waals surface area contributed by atoms with Gasteiger partial charge in [-0.25, -0.2) is 10.3 Å². The number of phenolic OH excluding ortho intramolecular Hbond substituents is 1. The summed E-state index contributed by atoms with van der Waals surface area (Å²) < 4.78 is 5.61. The smallest absolute Gasteiger partial charge is 0.412 e. The second-order valence-electron chi connectivity index (χ2n) is 6.15. The molecular formula is C21H24N2O5S. The second-order valence-corrected chi connectivity index (χ2v) is 7.03. The Morgan fingerprint density at radius 2 is 1.83 bits per heavy atom. The molecule has 0 spiro atoms. The maximum absolute atomic E-state index is 12.4. The van der Waals surface area contributed by atoms with E-state index in [1.807, 2.05) is 18.4 Å². The standard InChI is InChI=1S/C21H24N2O5S/c1-29-18-13-9-16(10-14-18)22-21(26)28-19(15-7-11-17(24)12-8-15)5-3-2-4-6-20(25)23-27/h4,6-14,19,24,27H,2-3,5H2,1H3,(H,22,26)(H,23,25)/b6-4+/t19-/m0/s1. The van der Waals surface area contributed by atoms with E-state index in [4.69, 9.17) is 9.94 Å². The fourth-order valence-corrected chi connectivity index (χ4v) is 2.99. The molecule has 0 saturated carbocycles. The summed E-state index contributed by atoms with van der Waals surface area (Å²) in [7, 11) is 0. The zero-order valence-corrected chi connectivity index (χ0v) is 16.8. The van der Waals surface area contributed by atoms with Crippen LogP contribution < -0.4 is 10.8 Å². The lowest BCUT2D eigenvalue weighted by atomic mass is 10.0. The molecule has 2 amide bonds. The summed E-state index contributed by atoms with van der Waals surface area (Å²) in [6.07, 6.45) is 5.50. The number of allylic oxidation sites excluding steroid dienone is 1. The van der Waals surface area contributed by atoms with Gasteiger partial charge in [-0.2, -0.15) is 0 Å². The molecule has 4 N–H and O–H groups in total. The van der Waals surface area contributed by atoms with Gasteiger partial charge < -0.3 is 9.84 Å². The molecule has 0 aliphatic rings. The van der Waals surface area contributed by atoms with Crippen LogP contribution in [0, 0.1) is 0 Å². The van der Waals surface area contributed by atoms with Crippen molar-refractivity contribution >= 4 is 29.4 Å². The first kappa shape index (κ1) is 22.3. The van der Waals surface area contributed by atoms with Gasteiger partial charge in [-0.1, -0.05) is 18.2 Å². The number of unbranched alkanes of at least 4 members (excludes halogenated alkanes) is 1. The summed E-state index contributed by atoms with van der Waals surface area (Å²) in [5, 5.41) is 20.7. The van der Waals surface area contributed by atoms with Crippen LogP contribution in [0.2, 0.25) is 0 Å². The molecule has 2 rings (SSSR count). The molecule has 0 aromatic heterocycles. The van der Waals surface area contributed by atoms with Crippen molar-refractivity contribution in [1.82, 2.24) is 5.48 Å². The van der Waals surface area contributed by atoms with Gasteiger partial charge in [-0.05, 0) is 67.5 Å². The van der Waals surface area contributed by atoms with E-state index < -0.39 is 18.1 Å². The van der Waals surface area contributed by atoms with Crippen LogP contribution in [-0.4, -0.2) is 28.6 Å². The first-order valence-corrected chi connectivity index (χ1v) is 10.3. The summed E-state index contributed by atoms with van der Waals surface area (Å²) in [5.41, 5.74) is 2.92. The summed E-state index contributed by atoms with van der Waals surface area (Å²) in [6.45, 7) is 0. The number of hydrogen-bond acceptors (Lipinski definition) is 6. The molecule has 0 saturated heterocycles. The Balaban J connectivity index is 1.98. The number of amides is 2. The normalized spacial score (nSPS) is 11.8. The monoisotopic (exact) mass is 416 g/mol. The van der Waals surface area contributed by atoms with Crippen LogP contribution in [0.5, 0.6) is 5.75 Å². The molecule has 154 valence electrons. The minimum atomic E-state index is -0.594. The summed E-state index contributed by atoms with van der Waals surface area (Å²) >= 11 is 1.61. The molecule has 0 aliphatic heterocycles. The molecule has 2 aromatic rings. The van der Waals surface area contributed by atoms with Crippen molar-refractivity contribution in [2.45, 2.75) is 30.3 Å². The average molecular weight is 416 g/mol. The SMILES string of the molecule is CSc1ccc(NC(=O)O[C@@H](CCC/C=C/C(=O)NO)c2ccc(O)cc2)cc1. The Morgan fingerprint density at radius 3 is 2.45 bits per heavy atom. The number of ether oxygens (including phenoxy) is 1. The van der Waals surface area contributed by atoms with Crippen LogP contribution in [0.1, 0.15) is 30.9 Å². The quantitative estimate of drug-likeness (QED) is 0.156. The molecule has 1 atom stereocenters. The Kier molecular flexibility index (Phi) is 9.07. The molecule has 0 radical (unpaired) electrons. The van der Waals surface area contributed by atoms with Crippen LogP contribution in [0.15, 0.2) is 65.6 Å². The zero-order valence-electron chi connectivity index (χ0n) is 16.0. The van der Waals surface area contributed by atoms with Gasteiger partial charge in [0.05, 0.1) is 0 Å². The number of thioether (sulfide) groups is 1. The van der Waals surface area contributed by atoms with Crippen molar-refractivity contribution in [2.75, 3.05) is 11.6 Å². The predicted molar refractivity (Wildman–Crippen MR) is 112 cm³/mol. The van der Waals surface area contributed by atoms with Gasteiger partial charge in [-0.15, -0.1) is 11.8 Å². The van der Waals surface area contributed by atoms with Gasteiger partial charge in [-0.3, -0.25) is 15.3 Å². The lowest BCUT2D eigenvalue weighted by Crippen LogP contribution is -2.17. The van der Waals surface area contributed by atoms with Gasteiger partial charge in [0, 0.05) is 16.7 Å². The third kappa shape index (κ3) is 7.89. The van der Waals surface area contributed by atoms with Crippen LogP contribution >= 0.6 is 11.8 Å². The van der Waals surface area contributed by atoms with E-state index in [2.05, 4.69) is 5.32 Å². The summed E-state index contributed by atoms with van der Waals surface area (Å²) in [4.78, 5) is 24.4. The summed E-state index contributed by atoms with van der Waals surface area (Å²) in [5.74, 6) is -0.466. The molecule has 7 nitrogen and oxygen atoms in total. The number of hydrogen-bond donors (Lipinski definition) is 4. The highest BCUT2D eigenvalue weighted by atomic mass is 32.2. The minimum absolute atomic E-state index is 0.129. The van der Waals surface area contributed by atoms with Gasteiger partial charge in [0.25, 0.3) is 5.91 Å². The number of aromatic hydroxyl groups is 1. The highest BCUT2D eigenvalue weighted by molar-refractivity contribution is 7.98. The molecule has 0 unspecified atom stereocenters. The van der Waals surface area contributed by atoms with Gasteiger partial charge in [0.15, 0.2) is 0 Å². The number of benzene rings is 2. The van der Waals surface area contributed by atoms with Crippen molar-refractivity contribution in [1.29, 1.82) is 0 Å². The van der Waals surface area contributed by atoms with Gasteiger partial charge in [0.2, 0.25) is 0 Å². The lowest BCUT2D eigenvalue weighted by Gasteiger charge is -2.19. The number of hydroxylamine groups is 1. The van der Waals surface area contributed by atoms with E-state index in [1.54, 1.807) is 42.1 Å². The van der Waals surface area contributed by atoms with E-state index in [0.717, 1.165) is 10.5 Å². The van der Waals surface area contributed by atoms with Crippen LogP contribution in [-0.2, 0) is 9.53 Å². The largest absolute Gasteiger partial charge is 0.508 e. The predicted octanol–water partition coefficient (Wildman–Crippen LogP) is 4.64. The molecule has 2 aromatic carbocycles. The van der Waals surface area contributed by atoms with Crippen LogP contribution in [0.4, 0.5) is 10.5 Å². The Morgan fingerprint density at radius 1 is 1.14 bits per heavy atom. The molecular weight excluding hydrogens is 392 g/mol. The lowest BCUT2D eigenvalue weighted by molar-refractivity contribution is -0.124. The molecule has 0 bridgehead atoms. The summed E-state index contributed by atoms with van der Waals surface area (Å²) in [6, 6.07) is 13.9. The van der Waals surface area contributed by atoms with Crippen LogP contribution in [0.3, 0.4) is 0 Å².